The van der Waals surface area contributed by atoms with Gasteiger partial charge >= 0.3 is 6.03 Å². The van der Waals surface area contributed by atoms with Gasteiger partial charge in [-0.15, -0.1) is 0 Å². The molecule has 7 nitrogen and oxygen atoms in total. The van der Waals surface area contributed by atoms with Crippen LogP contribution in [-0.2, 0) is 0 Å². The number of anilines is 1. The monoisotopic (exact) mass is 331 g/mol. The van der Waals surface area contributed by atoms with Crippen LogP contribution in [0.4, 0.5) is 10.5 Å². The van der Waals surface area contributed by atoms with E-state index in [1.165, 1.54) is 0 Å². The number of methoxy groups -OCH3 is 2. The van der Waals surface area contributed by atoms with E-state index in [4.69, 9.17) is 14.0 Å². The number of aryl methyl sites for hydroxylation is 1. The molecule has 0 spiro atoms. The van der Waals surface area contributed by atoms with Crippen molar-refractivity contribution in [2.45, 2.75) is 25.8 Å². The van der Waals surface area contributed by atoms with Gasteiger partial charge in [0.1, 0.15) is 11.5 Å². The van der Waals surface area contributed by atoms with Crippen molar-refractivity contribution >= 4 is 11.7 Å². The maximum absolute atomic E-state index is 12.6. The van der Waals surface area contributed by atoms with Crippen LogP contribution in [0.1, 0.15) is 30.3 Å². The van der Waals surface area contributed by atoms with Crippen molar-refractivity contribution in [2.24, 2.45) is 0 Å². The molecule has 0 unspecified atom stereocenters. The zero-order chi connectivity index (χ0) is 17.1. The number of benzene rings is 1. The normalized spacial score (nSPS) is 17.0. The van der Waals surface area contributed by atoms with Crippen molar-refractivity contribution in [3.63, 3.8) is 0 Å². The van der Waals surface area contributed by atoms with Crippen LogP contribution in [-0.4, -0.2) is 36.9 Å². The minimum Gasteiger partial charge on any atom is -0.493 e. The molecule has 1 saturated heterocycles. The molecule has 0 saturated carbocycles. The summed E-state index contributed by atoms with van der Waals surface area (Å²) in [5.74, 6) is 1.94. The second-order valence-corrected chi connectivity index (χ2v) is 5.71. The molecule has 1 atom stereocenters. The Bertz CT molecular complexity index is 728. The Kier molecular flexibility index (Phi) is 4.59. The van der Waals surface area contributed by atoms with Gasteiger partial charge in [-0.3, -0.25) is 0 Å². The molecule has 1 aromatic heterocycles. The average molecular weight is 331 g/mol. The number of carbonyl (C=O) groups is 1. The molecule has 2 aromatic rings. The molecule has 2 amide bonds. The Morgan fingerprint density at radius 1 is 1.29 bits per heavy atom. The van der Waals surface area contributed by atoms with Gasteiger partial charge in [0.05, 0.1) is 20.3 Å². The van der Waals surface area contributed by atoms with Crippen molar-refractivity contribution in [2.75, 3.05) is 26.1 Å². The second-order valence-electron chi connectivity index (χ2n) is 5.71. The van der Waals surface area contributed by atoms with Gasteiger partial charge in [-0.1, -0.05) is 5.16 Å². The number of urea groups is 1. The highest BCUT2D eigenvalue weighted by Crippen LogP contribution is 2.33. The average Bonchev–Trinajstić information content (AvgIpc) is 3.23. The van der Waals surface area contributed by atoms with Crippen LogP contribution < -0.4 is 14.8 Å². The largest absolute Gasteiger partial charge is 0.493 e. The number of carbonyl (C=O) groups excluding carboxylic acids is 1. The lowest BCUT2D eigenvalue weighted by Gasteiger charge is -2.23. The first-order valence-corrected chi connectivity index (χ1v) is 7.85. The third kappa shape index (κ3) is 3.15. The lowest BCUT2D eigenvalue weighted by atomic mass is 10.1. The molecule has 0 radical (unpaired) electrons. The van der Waals surface area contributed by atoms with Crippen LogP contribution in [0, 0.1) is 6.92 Å². The Balaban J connectivity index is 1.74. The molecular formula is C17H21N3O4. The van der Waals surface area contributed by atoms with Gasteiger partial charge < -0.3 is 24.2 Å². The van der Waals surface area contributed by atoms with Gasteiger partial charge in [-0.25, -0.2) is 4.79 Å². The highest BCUT2D eigenvalue weighted by atomic mass is 16.5. The number of rotatable bonds is 4. The van der Waals surface area contributed by atoms with Gasteiger partial charge in [-0.05, 0) is 31.9 Å². The molecule has 1 aliphatic rings. The van der Waals surface area contributed by atoms with E-state index >= 15 is 0 Å². The summed E-state index contributed by atoms with van der Waals surface area (Å²) in [6.45, 7) is 2.54. The molecule has 24 heavy (non-hydrogen) atoms. The van der Waals surface area contributed by atoms with Gasteiger partial charge in [-0.2, -0.15) is 0 Å². The summed E-state index contributed by atoms with van der Waals surface area (Å²) in [4.78, 5) is 14.4. The molecule has 0 aliphatic carbocycles. The number of aromatic nitrogens is 1. The molecule has 1 aliphatic heterocycles. The molecule has 128 valence electrons. The third-order valence-corrected chi connectivity index (χ3v) is 4.14. The lowest BCUT2D eigenvalue weighted by Crippen LogP contribution is -2.34. The molecular weight excluding hydrogens is 310 g/mol. The number of hydrogen-bond acceptors (Lipinski definition) is 5. The lowest BCUT2D eigenvalue weighted by molar-refractivity contribution is 0.204. The quantitative estimate of drug-likeness (QED) is 0.929. The van der Waals surface area contributed by atoms with E-state index in [2.05, 4.69) is 10.5 Å². The minimum absolute atomic E-state index is 0.0532. The molecule has 7 heteroatoms. The molecule has 0 bridgehead atoms. The van der Waals surface area contributed by atoms with E-state index in [1.54, 1.807) is 37.3 Å². The Morgan fingerprint density at radius 2 is 2.08 bits per heavy atom. The zero-order valence-electron chi connectivity index (χ0n) is 14.0. The SMILES string of the molecule is COc1ccc(NC(=O)N2CCC[C@H]2c2cc(C)on2)cc1OC. The van der Waals surface area contributed by atoms with Crippen LogP contribution in [0.3, 0.4) is 0 Å². The molecule has 1 aromatic carbocycles. The number of amides is 2. The van der Waals surface area contributed by atoms with Gasteiger partial charge in [0.15, 0.2) is 11.5 Å². The fourth-order valence-electron chi connectivity index (χ4n) is 2.97. The van der Waals surface area contributed by atoms with Crippen molar-refractivity contribution in [1.29, 1.82) is 0 Å². The summed E-state index contributed by atoms with van der Waals surface area (Å²) in [5.41, 5.74) is 1.45. The summed E-state index contributed by atoms with van der Waals surface area (Å²) in [7, 11) is 3.14. The predicted octanol–water partition coefficient (Wildman–Crippen LogP) is 3.37. The van der Waals surface area contributed by atoms with Crippen molar-refractivity contribution < 1.29 is 18.8 Å². The summed E-state index contributed by atoms with van der Waals surface area (Å²) in [6, 6.07) is 6.95. The van der Waals surface area contributed by atoms with Crippen LogP contribution in [0.15, 0.2) is 28.8 Å². The fraction of sp³-hybridized carbons (Fsp3) is 0.412. The number of ether oxygens (including phenoxy) is 2. The Hall–Kier alpha value is -2.70. The number of nitrogens with one attached hydrogen (secondary N) is 1. The standard InChI is InChI=1S/C17H21N3O4/c1-11-9-13(19-24-11)14-5-4-8-20(14)17(21)18-12-6-7-15(22-2)16(10-12)23-3/h6-7,9-10,14H,4-5,8H2,1-3H3,(H,18,21)/t14-/m0/s1. The Labute approximate surface area is 140 Å². The molecule has 1 fully saturated rings. The maximum atomic E-state index is 12.6. The zero-order valence-corrected chi connectivity index (χ0v) is 14.0. The highest BCUT2D eigenvalue weighted by molar-refractivity contribution is 5.90. The van der Waals surface area contributed by atoms with Crippen LogP contribution in [0.2, 0.25) is 0 Å². The van der Waals surface area contributed by atoms with Gasteiger partial charge in [0, 0.05) is 24.4 Å². The molecule has 3 rings (SSSR count). The smallest absolute Gasteiger partial charge is 0.322 e. The van der Waals surface area contributed by atoms with Crippen LogP contribution in [0.25, 0.3) is 0 Å². The predicted molar refractivity (Wildman–Crippen MR) is 88.5 cm³/mol. The number of hydrogen-bond donors (Lipinski definition) is 1. The first kappa shape index (κ1) is 16.2. The Morgan fingerprint density at radius 3 is 2.75 bits per heavy atom. The fourth-order valence-corrected chi connectivity index (χ4v) is 2.97. The first-order valence-electron chi connectivity index (χ1n) is 7.85. The molecule has 1 N–H and O–H groups in total. The van der Waals surface area contributed by atoms with Gasteiger partial charge in [0.25, 0.3) is 0 Å². The van der Waals surface area contributed by atoms with E-state index in [9.17, 15) is 4.79 Å². The van der Waals surface area contributed by atoms with E-state index in [-0.39, 0.29) is 12.1 Å². The van der Waals surface area contributed by atoms with E-state index in [1.807, 2.05) is 13.0 Å². The van der Waals surface area contributed by atoms with E-state index < -0.39 is 0 Å². The van der Waals surface area contributed by atoms with Crippen molar-refractivity contribution in [3.8, 4) is 11.5 Å². The maximum Gasteiger partial charge on any atom is 0.322 e. The van der Waals surface area contributed by atoms with E-state index in [0.29, 0.717) is 23.7 Å². The summed E-state index contributed by atoms with van der Waals surface area (Å²) in [5, 5.41) is 6.96. The summed E-state index contributed by atoms with van der Waals surface area (Å²) < 4.78 is 15.6. The minimum atomic E-state index is -0.162. The number of nitrogens with zero attached hydrogens (tertiary/aromatic N) is 2. The van der Waals surface area contributed by atoms with Crippen molar-refractivity contribution in [1.82, 2.24) is 10.1 Å². The van der Waals surface area contributed by atoms with E-state index in [0.717, 1.165) is 24.3 Å². The van der Waals surface area contributed by atoms with Crippen LogP contribution >= 0.6 is 0 Å². The van der Waals surface area contributed by atoms with Crippen LogP contribution in [0.5, 0.6) is 11.5 Å². The third-order valence-electron chi connectivity index (χ3n) is 4.14. The topological polar surface area (TPSA) is 76.8 Å². The summed E-state index contributed by atoms with van der Waals surface area (Å²) in [6.07, 6.45) is 1.82. The van der Waals surface area contributed by atoms with Crippen molar-refractivity contribution in [3.05, 3.63) is 35.7 Å². The number of likely N-dealkylation sites (tertiary alicyclic amines) is 1. The molecule has 2 heterocycles. The highest BCUT2D eigenvalue weighted by Gasteiger charge is 2.32. The second kappa shape index (κ2) is 6.82. The first-order chi connectivity index (χ1) is 11.6. The summed E-state index contributed by atoms with van der Waals surface area (Å²) >= 11 is 0. The van der Waals surface area contributed by atoms with Gasteiger partial charge in [0.2, 0.25) is 0 Å².